The lowest BCUT2D eigenvalue weighted by molar-refractivity contribution is -0.0339. The van der Waals surface area contributed by atoms with Crippen molar-refractivity contribution >= 4 is 32.7 Å². The maximum atomic E-state index is 13.2. The van der Waals surface area contributed by atoms with E-state index in [9.17, 15) is 15.0 Å². The summed E-state index contributed by atoms with van der Waals surface area (Å²) in [7, 11) is 0. The number of carbonyl (C=O) groups excluding carboxylic acids is 1. The minimum absolute atomic E-state index is 0.0994. The fourth-order valence-electron chi connectivity index (χ4n) is 3.74. The number of halogens is 1. The molecule has 1 aliphatic carbocycles. The molecule has 3 N–H and O–H groups in total. The number of furan rings is 1. The summed E-state index contributed by atoms with van der Waals surface area (Å²) in [4.78, 5) is 13.2. The highest BCUT2D eigenvalue weighted by Crippen LogP contribution is 2.46. The van der Waals surface area contributed by atoms with Crippen molar-refractivity contribution < 1.29 is 29.3 Å². The highest BCUT2D eigenvalue weighted by atomic mass is 79.9. The van der Waals surface area contributed by atoms with Crippen molar-refractivity contribution in [3.63, 3.8) is 0 Å². The van der Waals surface area contributed by atoms with Crippen LogP contribution in [0.4, 0.5) is 0 Å². The molecule has 0 bridgehead atoms. The molecule has 0 spiro atoms. The first-order valence-corrected chi connectivity index (χ1v) is 10.0. The van der Waals surface area contributed by atoms with Gasteiger partial charge in [0, 0.05) is 20.8 Å². The van der Waals surface area contributed by atoms with Gasteiger partial charge in [-0.05, 0) is 55.8 Å². The molecular formula is C22H21BrO6. The van der Waals surface area contributed by atoms with Gasteiger partial charge in [0.05, 0.1) is 12.2 Å². The van der Waals surface area contributed by atoms with Gasteiger partial charge in [0.1, 0.15) is 35.9 Å². The standard InChI is InChI=1S/C22H21BrO6/c1-22(2)15-8-12(28-10-17(26)16(25)9-24)4-6-13(15)20(27)19-14-5-3-11(23)7-18(14)29-21(19)22/h3-8,16-17,24-26H,9-10H2,1-2H3/t16-,17-/m1/s1. The molecule has 2 aromatic carbocycles. The van der Waals surface area contributed by atoms with Crippen LogP contribution in [0.25, 0.3) is 11.0 Å². The Labute approximate surface area is 175 Å². The minimum atomic E-state index is -1.27. The molecule has 0 unspecified atom stereocenters. The Morgan fingerprint density at radius 1 is 1.14 bits per heavy atom. The molecule has 0 amide bonds. The maximum Gasteiger partial charge on any atom is 0.197 e. The average Bonchev–Trinajstić information content (AvgIpc) is 3.09. The van der Waals surface area contributed by atoms with Gasteiger partial charge in [-0.25, -0.2) is 0 Å². The molecule has 6 nitrogen and oxygen atoms in total. The van der Waals surface area contributed by atoms with E-state index in [0.29, 0.717) is 28.2 Å². The molecule has 7 heteroatoms. The van der Waals surface area contributed by atoms with Crippen LogP contribution in [-0.4, -0.2) is 46.5 Å². The predicted molar refractivity (Wildman–Crippen MR) is 111 cm³/mol. The van der Waals surface area contributed by atoms with E-state index in [2.05, 4.69) is 15.9 Å². The summed E-state index contributed by atoms with van der Waals surface area (Å²) < 4.78 is 12.6. The first-order chi connectivity index (χ1) is 13.7. The smallest absolute Gasteiger partial charge is 0.197 e. The van der Waals surface area contributed by atoms with Gasteiger partial charge < -0.3 is 24.5 Å². The molecule has 1 aromatic heterocycles. The Morgan fingerprint density at radius 3 is 2.62 bits per heavy atom. The Kier molecular flexibility index (Phi) is 5.02. The Morgan fingerprint density at radius 2 is 1.90 bits per heavy atom. The Hall–Kier alpha value is -2.19. The van der Waals surface area contributed by atoms with Crippen molar-refractivity contribution in [1.29, 1.82) is 0 Å². The van der Waals surface area contributed by atoms with Crippen molar-refractivity contribution in [2.45, 2.75) is 31.5 Å². The van der Waals surface area contributed by atoms with Crippen molar-refractivity contribution in [1.82, 2.24) is 0 Å². The largest absolute Gasteiger partial charge is 0.491 e. The van der Waals surface area contributed by atoms with Crippen molar-refractivity contribution in [2.75, 3.05) is 13.2 Å². The lowest BCUT2D eigenvalue weighted by Gasteiger charge is -2.31. The van der Waals surface area contributed by atoms with E-state index >= 15 is 0 Å². The number of ether oxygens (including phenoxy) is 1. The van der Waals surface area contributed by atoms with Gasteiger partial charge in [0.15, 0.2) is 5.78 Å². The molecule has 2 atom stereocenters. The van der Waals surface area contributed by atoms with Crippen LogP contribution in [0, 0.1) is 0 Å². The summed E-state index contributed by atoms with van der Waals surface area (Å²) in [5.41, 5.74) is 2.00. The number of benzene rings is 2. The fourth-order valence-corrected chi connectivity index (χ4v) is 4.08. The highest BCUT2D eigenvalue weighted by molar-refractivity contribution is 9.10. The van der Waals surface area contributed by atoms with Gasteiger partial charge in [-0.3, -0.25) is 4.79 Å². The molecule has 0 saturated carbocycles. The van der Waals surface area contributed by atoms with Gasteiger partial charge in [0.2, 0.25) is 0 Å². The molecule has 0 radical (unpaired) electrons. The summed E-state index contributed by atoms with van der Waals surface area (Å²) >= 11 is 3.44. The molecular weight excluding hydrogens is 440 g/mol. The molecule has 29 heavy (non-hydrogen) atoms. The van der Waals surface area contributed by atoms with Crippen LogP contribution in [0.15, 0.2) is 45.3 Å². The molecule has 4 rings (SSSR count). The summed E-state index contributed by atoms with van der Waals surface area (Å²) in [6.45, 7) is 3.24. The monoisotopic (exact) mass is 460 g/mol. The molecule has 1 heterocycles. The first kappa shape index (κ1) is 20.1. The van der Waals surface area contributed by atoms with Crippen molar-refractivity contribution in [3.8, 4) is 5.75 Å². The quantitative estimate of drug-likeness (QED) is 0.540. The van der Waals surface area contributed by atoms with E-state index in [1.54, 1.807) is 18.2 Å². The van der Waals surface area contributed by atoms with E-state index in [1.165, 1.54) is 0 Å². The van der Waals surface area contributed by atoms with E-state index in [1.807, 2.05) is 32.0 Å². The highest BCUT2D eigenvalue weighted by Gasteiger charge is 2.41. The second-order valence-corrected chi connectivity index (χ2v) is 8.65. The van der Waals surface area contributed by atoms with Crippen LogP contribution in [-0.2, 0) is 5.41 Å². The first-order valence-electron chi connectivity index (χ1n) is 9.25. The van der Waals surface area contributed by atoms with E-state index < -0.39 is 24.2 Å². The number of carbonyl (C=O) groups is 1. The number of rotatable bonds is 5. The predicted octanol–water partition coefficient (Wildman–Crippen LogP) is 3.16. The second kappa shape index (κ2) is 7.25. The molecule has 0 aliphatic heterocycles. The van der Waals surface area contributed by atoms with Crippen LogP contribution in [0.1, 0.15) is 41.1 Å². The molecule has 1 aliphatic rings. The SMILES string of the molecule is CC1(C)c2cc(OC[C@@H](O)[C@H](O)CO)ccc2C(=O)c2c1oc1cc(Br)ccc21. The summed E-state index contributed by atoms with van der Waals surface area (Å²) in [6.07, 6.45) is -2.49. The molecule has 0 saturated heterocycles. The fraction of sp³-hybridized carbons (Fsp3) is 0.318. The molecule has 0 fully saturated rings. The average molecular weight is 461 g/mol. The maximum absolute atomic E-state index is 13.2. The number of ketones is 1. The normalized spacial score (nSPS) is 17.0. The third-order valence-electron chi connectivity index (χ3n) is 5.41. The molecule has 152 valence electrons. The van der Waals surface area contributed by atoms with Gasteiger partial charge >= 0.3 is 0 Å². The summed E-state index contributed by atoms with van der Waals surface area (Å²) in [5.74, 6) is 0.963. The lowest BCUT2D eigenvalue weighted by Crippen LogP contribution is -2.34. The van der Waals surface area contributed by atoms with Crippen LogP contribution >= 0.6 is 15.9 Å². The zero-order valence-corrected chi connectivity index (χ0v) is 17.6. The summed E-state index contributed by atoms with van der Waals surface area (Å²) in [6, 6.07) is 10.8. The zero-order chi connectivity index (χ0) is 20.9. The van der Waals surface area contributed by atoms with Crippen molar-refractivity contribution in [3.05, 3.63) is 63.3 Å². The van der Waals surface area contributed by atoms with E-state index in [4.69, 9.17) is 14.3 Å². The van der Waals surface area contributed by atoms with Crippen LogP contribution in [0.5, 0.6) is 5.75 Å². The topological polar surface area (TPSA) is 100 Å². The zero-order valence-electron chi connectivity index (χ0n) is 16.0. The number of fused-ring (bicyclic) bond motifs is 4. The summed E-state index contributed by atoms with van der Waals surface area (Å²) in [5, 5.41) is 29.0. The van der Waals surface area contributed by atoms with Crippen LogP contribution < -0.4 is 4.74 Å². The Balaban J connectivity index is 1.74. The van der Waals surface area contributed by atoms with Crippen molar-refractivity contribution in [2.24, 2.45) is 0 Å². The third kappa shape index (κ3) is 3.28. The Bertz CT molecular complexity index is 1100. The van der Waals surface area contributed by atoms with Gasteiger partial charge in [0.25, 0.3) is 0 Å². The van der Waals surface area contributed by atoms with Crippen LogP contribution in [0.3, 0.4) is 0 Å². The second-order valence-electron chi connectivity index (χ2n) is 7.74. The number of hydrogen-bond acceptors (Lipinski definition) is 6. The number of aliphatic hydroxyl groups excluding tert-OH is 3. The van der Waals surface area contributed by atoms with E-state index in [0.717, 1.165) is 15.4 Å². The number of aliphatic hydroxyl groups is 3. The van der Waals surface area contributed by atoms with Gasteiger partial charge in [-0.1, -0.05) is 15.9 Å². The van der Waals surface area contributed by atoms with Crippen LogP contribution in [0.2, 0.25) is 0 Å². The minimum Gasteiger partial charge on any atom is -0.491 e. The van der Waals surface area contributed by atoms with E-state index in [-0.39, 0.29) is 12.4 Å². The number of hydrogen-bond donors (Lipinski definition) is 3. The third-order valence-corrected chi connectivity index (χ3v) is 5.90. The van der Waals surface area contributed by atoms with Gasteiger partial charge in [-0.2, -0.15) is 0 Å². The van der Waals surface area contributed by atoms with Gasteiger partial charge in [-0.15, -0.1) is 0 Å². The lowest BCUT2D eigenvalue weighted by atomic mass is 9.72. The molecule has 3 aromatic rings.